The minimum Gasteiger partial charge on any atom is -1.00 e. The second-order valence-electron chi connectivity index (χ2n) is 6.80. The van der Waals surface area contributed by atoms with Gasteiger partial charge in [-0.3, -0.25) is 4.79 Å². The molecule has 0 bridgehead atoms. The summed E-state index contributed by atoms with van der Waals surface area (Å²) in [5.74, 6) is -1.40. The minimum atomic E-state index is -1.24. The van der Waals surface area contributed by atoms with E-state index in [1.54, 1.807) is 0 Å². The molecule has 26 heavy (non-hydrogen) atoms. The van der Waals surface area contributed by atoms with Gasteiger partial charge in [0, 0.05) is 6.42 Å². The van der Waals surface area contributed by atoms with Crippen LogP contribution in [-0.2, 0) is 14.3 Å². The summed E-state index contributed by atoms with van der Waals surface area (Å²) in [5.41, 5.74) is 0. The fourth-order valence-corrected chi connectivity index (χ4v) is 2.59. The first-order valence-corrected chi connectivity index (χ1v) is 10.2. The van der Waals surface area contributed by atoms with E-state index in [2.05, 4.69) is 23.8 Å². The second-order valence-corrected chi connectivity index (χ2v) is 6.80. The Morgan fingerprint density at radius 2 is 1.35 bits per heavy atom. The third-order valence-electron chi connectivity index (χ3n) is 4.20. The number of ether oxygens (including phenoxy) is 1. The molecule has 0 radical (unpaired) electrons. The van der Waals surface area contributed by atoms with Crippen LogP contribution in [-0.4, -0.2) is 23.1 Å². The molecule has 1 unspecified atom stereocenters. The predicted octanol–water partition coefficient (Wildman–Crippen LogP) is 2.59. The first kappa shape index (κ1) is 27.7. The third kappa shape index (κ3) is 19.8. The van der Waals surface area contributed by atoms with E-state index < -0.39 is 18.0 Å². The van der Waals surface area contributed by atoms with E-state index in [9.17, 15) is 9.59 Å². The first-order chi connectivity index (χ1) is 12.1. The molecule has 1 atom stereocenters. The van der Waals surface area contributed by atoms with Crippen LogP contribution < -0.4 is 18.9 Å². The number of carbonyl (C=O) groups excluding carboxylic acids is 2. The van der Waals surface area contributed by atoms with Gasteiger partial charge in [-0.15, -0.1) is 0 Å². The number of carbonyl (C=O) groups is 2. The molecule has 0 saturated carbocycles. The molecule has 5 heteroatoms. The van der Waals surface area contributed by atoms with Crippen molar-refractivity contribution in [1.82, 2.24) is 0 Å². The molecule has 0 fully saturated rings. The maximum atomic E-state index is 11.3. The summed E-state index contributed by atoms with van der Waals surface area (Å²) < 4.78 is 4.49. The van der Waals surface area contributed by atoms with Crippen LogP contribution in [0, 0.1) is 0 Å². The van der Waals surface area contributed by atoms with Gasteiger partial charge < -0.3 is 11.3 Å². The number of rotatable bonds is 16. The first-order valence-electron chi connectivity index (χ1n) is 10.2. The fourth-order valence-electron chi connectivity index (χ4n) is 2.59. The molecule has 0 aliphatic carbocycles. The van der Waals surface area contributed by atoms with E-state index >= 15 is 0 Å². The summed E-state index contributed by atoms with van der Waals surface area (Å²) >= 11 is 0. The van der Waals surface area contributed by atoms with Gasteiger partial charge in [-0.1, -0.05) is 70.4 Å². The standard InChI is InChI=1S/C21H38O4.Li.H/c1-3-4-5-6-7-8-9-10-11-12-13-14-15-16-17-18-20(23)25-21(24)19(2)22;;/h10-11,19,22H,3-9,12-18H2,1-2H3;;/q;+1;-1/b11-10-;;. The van der Waals surface area contributed by atoms with Crippen molar-refractivity contribution >= 4 is 11.9 Å². The molecular formula is C21H39LiO4. The van der Waals surface area contributed by atoms with Gasteiger partial charge in [-0.05, 0) is 39.0 Å². The van der Waals surface area contributed by atoms with Gasteiger partial charge in [0.15, 0.2) is 0 Å². The number of allylic oxidation sites excluding steroid dienone is 2. The Balaban J connectivity index is -0.00000288. The van der Waals surface area contributed by atoms with E-state index in [-0.39, 0.29) is 26.7 Å². The molecule has 0 aliphatic rings. The summed E-state index contributed by atoms with van der Waals surface area (Å²) in [6, 6.07) is 0. The van der Waals surface area contributed by atoms with Crippen molar-refractivity contribution < 1.29 is 39.7 Å². The minimum absolute atomic E-state index is 0. The molecular weight excluding hydrogens is 323 g/mol. The average Bonchev–Trinajstić information content (AvgIpc) is 2.58. The predicted molar refractivity (Wildman–Crippen MR) is 103 cm³/mol. The number of aliphatic hydroxyl groups excluding tert-OH is 1. The Morgan fingerprint density at radius 3 is 1.85 bits per heavy atom. The van der Waals surface area contributed by atoms with E-state index in [1.807, 2.05) is 0 Å². The Labute approximate surface area is 173 Å². The molecule has 0 amide bonds. The number of aliphatic hydroxyl groups is 1. The van der Waals surface area contributed by atoms with E-state index in [4.69, 9.17) is 5.11 Å². The molecule has 4 nitrogen and oxygen atoms in total. The summed E-state index contributed by atoms with van der Waals surface area (Å²) in [6.45, 7) is 3.54. The zero-order valence-corrected chi connectivity index (χ0v) is 17.3. The monoisotopic (exact) mass is 362 g/mol. The largest absolute Gasteiger partial charge is 1.00 e. The van der Waals surface area contributed by atoms with Crippen LogP contribution in [0.2, 0.25) is 0 Å². The van der Waals surface area contributed by atoms with Crippen LogP contribution in [0.25, 0.3) is 0 Å². The molecule has 0 aromatic rings. The van der Waals surface area contributed by atoms with Crippen molar-refractivity contribution in [3.63, 3.8) is 0 Å². The second kappa shape index (κ2) is 20.7. The van der Waals surface area contributed by atoms with Gasteiger partial charge in [0.2, 0.25) is 0 Å². The summed E-state index contributed by atoms with van der Waals surface area (Å²) in [7, 11) is 0. The van der Waals surface area contributed by atoms with E-state index in [0.717, 1.165) is 25.7 Å². The van der Waals surface area contributed by atoms with Gasteiger partial charge in [-0.2, -0.15) is 0 Å². The molecule has 148 valence electrons. The van der Waals surface area contributed by atoms with E-state index in [1.165, 1.54) is 64.7 Å². The molecule has 0 aromatic heterocycles. The Morgan fingerprint density at radius 1 is 0.885 bits per heavy atom. The third-order valence-corrected chi connectivity index (χ3v) is 4.20. The van der Waals surface area contributed by atoms with Crippen LogP contribution >= 0.6 is 0 Å². The number of unbranched alkanes of at least 4 members (excludes halogenated alkanes) is 11. The maximum Gasteiger partial charge on any atom is 1.00 e. The number of hydrogen-bond donors (Lipinski definition) is 1. The summed E-state index contributed by atoms with van der Waals surface area (Å²) in [6.07, 6.45) is 19.3. The van der Waals surface area contributed by atoms with Gasteiger partial charge >= 0.3 is 30.8 Å². The molecule has 0 rings (SSSR count). The fraction of sp³-hybridized carbons (Fsp3) is 0.810. The average molecular weight is 362 g/mol. The zero-order valence-electron chi connectivity index (χ0n) is 18.3. The van der Waals surface area contributed by atoms with Crippen molar-refractivity contribution in [1.29, 1.82) is 0 Å². The quantitative estimate of drug-likeness (QED) is 0.151. The molecule has 0 aliphatic heterocycles. The van der Waals surface area contributed by atoms with Crippen molar-refractivity contribution in [2.24, 2.45) is 0 Å². The molecule has 0 spiro atoms. The number of esters is 2. The van der Waals surface area contributed by atoms with Gasteiger partial charge in [0.1, 0.15) is 6.10 Å². The Bertz CT molecular complexity index is 373. The van der Waals surface area contributed by atoms with E-state index in [0.29, 0.717) is 0 Å². The smallest absolute Gasteiger partial charge is 1.00 e. The molecule has 0 saturated heterocycles. The van der Waals surface area contributed by atoms with Crippen LogP contribution in [0.5, 0.6) is 0 Å². The van der Waals surface area contributed by atoms with Crippen LogP contribution in [0.4, 0.5) is 0 Å². The van der Waals surface area contributed by atoms with Crippen molar-refractivity contribution in [3.05, 3.63) is 12.2 Å². The summed E-state index contributed by atoms with van der Waals surface area (Å²) in [5, 5.41) is 8.94. The van der Waals surface area contributed by atoms with Gasteiger partial charge in [0.25, 0.3) is 0 Å². The van der Waals surface area contributed by atoms with Crippen LogP contribution in [0.1, 0.15) is 105 Å². The van der Waals surface area contributed by atoms with Crippen molar-refractivity contribution in [2.45, 2.75) is 110 Å². The summed E-state index contributed by atoms with van der Waals surface area (Å²) in [4.78, 5) is 22.3. The zero-order chi connectivity index (χ0) is 18.8. The Hall–Kier alpha value is -0.563. The normalized spacial score (nSPS) is 12.0. The SMILES string of the molecule is CCCCCCCC/C=C\CCCCCCCC(=O)OC(=O)C(C)O.[H-].[Li+]. The van der Waals surface area contributed by atoms with Crippen LogP contribution in [0.15, 0.2) is 12.2 Å². The molecule has 0 aromatic carbocycles. The topological polar surface area (TPSA) is 63.6 Å². The van der Waals surface area contributed by atoms with Gasteiger partial charge in [-0.25, -0.2) is 4.79 Å². The number of hydrogen-bond acceptors (Lipinski definition) is 4. The van der Waals surface area contributed by atoms with Crippen molar-refractivity contribution in [2.75, 3.05) is 0 Å². The maximum absolute atomic E-state index is 11.3. The van der Waals surface area contributed by atoms with Crippen molar-refractivity contribution in [3.8, 4) is 0 Å². The van der Waals surface area contributed by atoms with Crippen LogP contribution in [0.3, 0.4) is 0 Å². The molecule has 1 N–H and O–H groups in total. The van der Waals surface area contributed by atoms with Gasteiger partial charge in [0.05, 0.1) is 0 Å². The Kier molecular flexibility index (Phi) is 22.1. The molecule has 0 heterocycles.